The lowest BCUT2D eigenvalue weighted by molar-refractivity contribution is 0.0951. The molecule has 2 aromatic rings. The van der Waals surface area contributed by atoms with Gasteiger partial charge in [-0.25, -0.2) is 8.42 Å². The van der Waals surface area contributed by atoms with E-state index >= 15 is 0 Å². The third kappa shape index (κ3) is 6.06. The molecule has 1 heterocycles. The second kappa shape index (κ2) is 10.6. The molecule has 30 heavy (non-hydrogen) atoms. The molecule has 2 aromatic carbocycles. The molecule has 0 aliphatic carbocycles. The summed E-state index contributed by atoms with van der Waals surface area (Å²) in [7, 11) is -3.70. The Hall–Kier alpha value is -2.38. The summed E-state index contributed by atoms with van der Waals surface area (Å²) in [6, 6.07) is 13.3. The molecule has 0 atom stereocenters. The Kier molecular flexibility index (Phi) is 7.87. The van der Waals surface area contributed by atoms with Crippen molar-refractivity contribution in [3.63, 3.8) is 0 Å². The zero-order chi connectivity index (χ0) is 21.4. The van der Waals surface area contributed by atoms with Crippen LogP contribution < -0.4 is 10.0 Å². The van der Waals surface area contributed by atoms with Crippen LogP contribution in [0.15, 0.2) is 53.4 Å². The topological polar surface area (TPSA) is 78.5 Å². The third-order valence-electron chi connectivity index (χ3n) is 5.51. The van der Waals surface area contributed by atoms with E-state index in [2.05, 4.69) is 14.9 Å². The van der Waals surface area contributed by atoms with Crippen molar-refractivity contribution in [3.05, 3.63) is 59.7 Å². The number of carbonyl (C=O) groups is 1. The molecule has 3 rings (SSSR count). The molecule has 0 bridgehead atoms. The smallest absolute Gasteiger partial charge is 0.261 e. The van der Waals surface area contributed by atoms with Crippen molar-refractivity contribution >= 4 is 21.6 Å². The molecule has 1 aliphatic rings. The fraction of sp³-hybridized carbons (Fsp3) is 0.435. The fourth-order valence-electron chi connectivity index (χ4n) is 3.76. The van der Waals surface area contributed by atoms with Gasteiger partial charge in [0.2, 0.25) is 0 Å². The van der Waals surface area contributed by atoms with Crippen molar-refractivity contribution in [2.24, 2.45) is 0 Å². The van der Waals surface area contributed by atoms with Gasteiger partial charge in [0.15, 0.2) is 0 Å². The van der Waals surface area contributed by atoms with E-state index in [4.69, 9.17) is 0 Å². The van der Waals surface area contributed by atoms with Gasteiger partial charge in [0.05, 0.1) is 10.6 Å². The van der Waals surface area contributed by atoms with Crippen LogP contribution in [0.2, 0.25) is 0 Å². The summed E-state index contributed by atoms with van der Waals surface area (Å²) in [5, 5.41) is 2.97. The van der Waals surface area contributed by atoms with Crippen LogP contribution >= 0.6 is 0 Å². The summed E-state index contributed by atoms with van der Waals surface area (Å²) < 4.78 is 27.8. The molecule has 1 saturated heterocycles. The molecule has 1 amide bonds. The molecule has 7 heteroatoms. The zero-order valence-electron chi connectivity index (χ0n) is 17.6. The first-order chi connectivity index (χ1) is 14.5. The Balaban J connectivity index is 1.58. The van der Waals surface area contributed by atoms with Crippen LogP contribution in [0.25, 0.3) is 0 Å². The van der Waals surface area contributed by atoms with Crippen LogP contribution in [-0.2, 0) is 10.0 Å². The van der Waals surface area contributed by atoms with Gasteiger partial charge in [-0.1, -0.05) is 37.1 Å². The van der Waals surface area contributed by atoms with E-state index in [0.717, 1.165) is 26.1 Å². The number of rotatable bonds is 8. The standard InChI is InChI=1S/C23H31N3O3S/c1-19-21(23(27)24-15-10-18-26-16-7-2-3-8-17-26)13-9-14-22(19)25-30(28,29)20-11-5-4-6-12-20/h4-6,9,11-14,25H,2-3,7-8,10,15-18H2,1H3,(H,24,27). The molecule has 162 valence electrons. The van der Waals surface area contributed by atoms with Crippen molar-refractivity contribution in [2.45, 2.75) is 43.9 Å². The predicted octanol–water partition coefficient (Wildman–Crippen LogP) is 3.79. The summed E-state index contributed by atoms with van der Waals surface area (Å²) in [6.07, 6.45) is 6.06. The van der Waals surface area contributed by atoms with Gasteiger partial charge in [-0.2, -0.15) is 0 Å². The highest BCUT2D eigenvalue weighted by atomic mass is 32.2. The summed E-state index contributed by atoms with van der Waals surface area (Å²) in [6.45, 7) is 5.66. The molecule has 0 radical (unpaired) electrons. The van der Waals surface area contributed by atoms with Crippen molar-refractivity contribution in [1.82, 2.24) is 10.2 Å². The fourth-order valence-corrected chi connectivity index (χ4v) is 4.90. The minimum atomic E-state index is -3.70. The molecular formula is C23H31N3O3S. The van der Waals surface area contributed by atoms with Crippen molar-refractivity contribution in [2.75, 3.05) is 30.9 Å². The normalized spacial score (nSPS) is 15.4. The summed E-state index contributed by atoms with van der Waals surface area (Å²) >= 11 is 0. The van der Waals surface area contributed by atoms with Crippen molar-refractivity contribution < 1.29 is 13.2 Å². The number of hydrogen-bond donors (Lipinski definition) is 2. The van der Waals surface area contributed by atoms with Gasteiger partial charge in [0.25, 0.3) is 15.9 Å². The number of anilines is 1. The largest absolute Gasteiger partial charge is 0.352 e. The van der Waals surface area contributed by atoms with Crippen molar-refractivity contribution in [3.8, 4) is 0 Å². The average molecular weight is 430 g/mol. The second-order valence-corrected chi connectivity index (χ2v) is 9.44. The number of benzene rings is 2. The molecule has 6 nitrogen and oxygen atoms in total. The molecule has 0 aromatic heterocycles. The van der Waals surface area contributed by atoms with Gasteiger partial charge in [-0.05, 0) is 75.6 Å². The average Bonchev–Trinajstić information content (AvgIpc) is 3.02. The Bertz CT molecular complexity index is 937. The van der Waals surface area contributed by atoms with E-state index in [1.807, 2.05) is 0 Å². The van der Waals surface area contributed by atoms with Gasteiger partial charge in [0.1, 0.15) is 0 Å². The lowest BCUT2D eigenvalue weighted by Crippen LogP contribution is -2.31. The number of likely N-dealkylation sites (tertiary alicyclic amines) is 1. The Morgan fingerprint density at radius 3 is 2.37 bits per heavy atom. The van der Waals surface area contributed by atoms with E-state index in [1.165, 1.54) is 25.7 Å². The predicted molar refractivity (Wildman–Crippen MR) is 120 cm³/mol. The quantitative estimate of drug-likeness (QED) is 0.626. The minimum absolute atomic E-state index is 0.177. The lowest BCUT2D eigenvalue weighted by Gasteiger charge is -2.19. The van der Waals surface area contributed by atoms with Gasteiger partial charge in [-0.15, -0.1) is 0 Å². The van der Waals surface area contributed by atoms with E-state index in [9.17, 15) is 13.2 Å². The highest BCUT2D eigenvalue weighted by Crippen LogP contribution is 2.22. The maximum atomic E-state index is 12.7. The number of amides is 1. The first-order valence-corrected chi connectivity index (χ1v) is 12.1. The number of nitrogens with zero attached hydrogens (tertiary/aromatic N) is 1. The van der Waals surface area contributed by atoms with Crippen LogP contribution in [0.3, 0.4) is 0 Å². The second-order valence-electron chi connectivity index (χ2n) is 7.76. The molecule has 0 spiro atoms. The molecule has 0 saturated carbocycles. The van der Waals surface area contributed by atoms with Crippen molar-refractivity contribution in [1.29, 1.82) is 0 Å². The highest BCUT2D eigenvalue weighted by Gasteiger charge is 2.18. The number of carbonyl (C=O) groups excluding carboxylic acids is 1. The van der Waals surface area contributed by atoms with Crippen LogP contribution in [0.1, 0.15) is 48.0 Å². The van der Waals surface area contributed by atoms with Gasteiger partial charge in [-0.3, -0.25) is 9.52 Å². The van der Waals surface area contributed by atoms with Crippen LogP contribution in [0.4, 0.5) is 5.69 Å². The van der Waals surface area contributed by atoms with Crippen LogP contribution in [0.5, 0.6) is 0 Å². The molecule has 0 unspecified atom stereocenters. The third-order valence-corrected chi connectivity index (χ3v) is 6.89. The van der Waals surface area contributed by atoms with Crippen LogP contribution in [-0.4, -0.2) is 45.4 Å². The molecular weight excluding hydrogens is 398 g/mol. The van der Waals surface area contributed by atoms with Crippen LogP contribution in [0, 0.1) is 6.92 Å². The summed E-state index contributed by atoms with van der Waals surface area (Å²) in [5.41, 5.74) is 1.51. The van der Waals surface area contributed by atoms with E-state index in [-0.39, 0.29) is 10.8 Å². The maximum Gasteiger partial charge on any atom is 0.261 e. The highest BCUT2D eigenvalue weighted by molar-refractivity contribution is 7.92. The molecule has 2 N–H and O–H groups in total. The SMILES string of the molecule is Cc1c(NS(=O)(=O)c2ccccc2)cccc1C(=O)NCCCN1CCCCCC1. The number of sulfonamides is 1. The summed E-state index contributed by atoms with van der Waals surface area (Å²) in [4.78, 5) is 15.3. The Labute approximate surface area is 179 Å². The monoisotopic (exact) mass is 429 g/mol. The van der Waals surface area contributed by atoms with E-state index in [1.54, 1.807) is 55.5 Å². The van der Waals surface area contributed by atoms with Gasteiger partial charge >= 0.3 is 0 Å². The first kappa shape index (κ1) is 22.3. The first-order valence-electron chi connectivity index (χ1n) is 10.7. The van der Waals surface area contributed by atoms with Gasteiger partial charge < -0.3 is 10.2 Å². The van der Waals surface area contributed by atoms with E-state index in [0.29, 0.717) is 23.4 Å². The lowest BCUT2D eigenvalue weighted by atomic mass is 10.1. The summed E-state index contributed by atoms with van der Waals surface area (Å²) in [5.74, 6) is -0.177. The minimum Gasteiger partial charge on any atom is -0.352 e. The Morgan fingerprint density at radius 1 is 0.967 bits per heavy atom. The van der Waals surface area contributed by atoms with Gasteiger partial charge in [0, 0.05) is 12.1 Å². The number of nitrogens with one attached hydrogen (secondary N) is 2. The Morgan fingerprint density at radius 2 is 1.67 bits per heavy atom. The molecule has 1 fully saturated rings. The van der Waals surface area contributed by atoms with E-state index < -0.39 is 10.0 Å². The molecule has 1 aliphatic heterocycles. The zero-order valence-corrected chi connectivity index (χ0v) is 18.4. The number of hydrogen-bond acceptors (Lipinski definition) is 4. The maximum absolute atomic E-state index is 12.7.